The smallest absolute Gasteiger partial charge is 0.261 e. The average molecular weight is 358 g/mol. The number of hydrogen-bond acceptors (Lipinski definition) is 4. The number of benzene rings is 1. The topological polar surface area (TPSA) is 29.5 Å². The molecular formula is C19H19NO2S2. The molecule has 0 bridgehead atoms. The molecule has 1 amide bonds. The molecule has 0 spiro atoms. The first-order valence-electron chi connectivity index (χ1n) is 7.73. The molecule has 3 nitrogen and oxygen atoms in total. The molecule has 5 heteroatoms. The van der Waals surface area contributed by atoms with Gasteiger partial charge in [-0.1, -0.05) is 24.3 Å². The van der Waals surface area contributed by atoms with Crippen molar-refractivity contribution in [1.29, 1.82) is 0 Å². The van der Waals surface area contributed by atoms with Crippen LogP contribution in [-0.2, 0) is 17.9 Å². The summed E-state index contributed by atoms with van der Waals surface area (Å²) in [7, 11) is 0. The number of nitrogens with zero attached hydrogens (tertiary/aromatic N) is 1. The maximum atomic E-state index is 12.7. The van der Waals surface area contributed by atoms with Crippen LogP contribution in [-0.4, -0.2) is 17.4 Å². The van der Waals surface area contributed by atoms with E-state index in [-0.39, 0.29) is 12.5 Å². The summed E-state index contributed by atoms with van der Waals surface area (Å²) in [4.78, 5) is 16.9. The zero-order valence-corrected chi connectivity index (χ0v) is 15.1. The molecule has 0 saturated heterocycles. The third kappa shape index (κ3) is 4.69. The van der Waals surface area contributed by atoms with Gasteiger partial charge in [0, 0.05) is 9.75 Å². The lowest BCUT2D eigenvalue weighted by Crippen LogP contribution is -2.33. The second-order valence-electron chi connectivity index (χ2n) is 5.51. The Morgan fingerprint density at radius 2 is 1.67 bits per heavy atom. The highest BCUT2D eigenvalue weighted by Gasteiger charge is 2.16. The van der Waals surface area contributed by atoms with Crippen molar-refractivity contribution >= 4 is 28.6 Å². The fraction of sp³-hybridized carbons (Fsp3) is 0.211. The number of carbonyl (C=O) groups excluding carboxylic acids is 1. The van der Waals surface area contributed by atoms with E-state index in [2.05, 4.69) is 12.1 Å². The molecule has 124 valence electrons. The van der Waals surface area contributed by atoms with Gasteiger partial charge < -0.3 is 9.64 Å². The summed E-state index contributed by atoms with van der Waals surface area (Å²) in [6, 6.07) is 15.9. The minimum Gasteiger partial charge on any atom is -0.484 e. The Kier molecular flexibility index (Phi) is 5.67. The van der Waals surface area contributed by atoms with Gasteiger partial charge in [0.25, 0.3) is 5.91 Å². The SMILES string of the molecule is Cc1cccc(OCC(=O)N(Cc2cccs2)Cc2cccs2)c1. The number of thiophene rings is 2. The number of amides is 1. The highest BCUT2D eigenvalue weighted by Crippen LogP contribution is 2.18. The summed E-state index contributed by atoms with van der Waals surface area (Å²) >= 11 is 3.33. The second-order valence-corrected chi connectivity index (χ2v) is 7.58. The molecule has 0 aliphatic rings. The van der Waals surface area contributed by atoms with Gasteiger partial charge in [-0.05, 0) is 47.5 Å². The van der Waals surface area contributed by atoms with Gasteiger partial charge in [0.2, 0.25) is 0 Å². The molecule has 0 aliphatic heterocycles. The van der Waals surface area contributed by atoms with Crippen LogP contribution < -0.4 is 4.74 Å². The number of carbonyl (C=O) groups is 1. The normalized spacial score (nSPS) is 10.5. The van der Waals surface area contributed by atoms with Crippen molar-refractivity contribution in [1.82, 2.24) is 4.90 Å². The van der Waals surface area contributed by atoms with Crippen molar-refractivity contribution in [2.24, 2.45) is 0 Å². The van der Waals surface area contributed by atoms with Crippen molar-refractivity contribution in [2.75, 3.05) is 6.61 Å². The summed E-state index contributed by atoms with van der Waals surface area (Å²) in [5.41, 5.74) is 1.12. The first-order chi connectivity index (χ1) is 11.7. The lowest BCUT2D eigenvalue weighted by atomic mass is 10.2. The molecule has 0 aliphatic carbocycles. The maximum Gasteiger partial charge on any atom is 0.261 e. The molecule has 3 aromatic rings. The molecule has 0 N–H and O–H groups in total. The highest BCUT2D eigenvalue weighted by molar-refractivity contribution is 7.10. The van der Waals surface area contributed by atoms with E-state index in [0.29, 0.717) is 13.1 Å². The van der Waals surface area contributed by atoms with E-state index < -0.39 is 0 Å². The highest BCUT2D eigenvalue weighted by atomic mass is 32.1. The van der Waals surface area contributed by atoms with Crippen LogP contribution in [0.25, 0.3) is 0 Å². The van der Waals surface area contributed by atoms with Crippen LogP contribution in [0.4, 0.5) is 0 Å². The fourth-order valence-electron chi connectivity index (χ4n) is 2.36. The van der Waals surface area contributed by atoms with Crippen LogP contribution in [0.5, 0.6) is 5.75 Å². The van der Waals surface area contributed by atoms with E-state index in [1.165, 1.54) is 9.75 Å². The Morgan fingerprint density at radius 3 is 2.21 bits per heavy atom. The van der Waals surface area contributed by atoms with Crippen molar-refractivity contribution in [3.63, 3.8) is 0 Å². The molecule has 0 saturated carbocycles. The van der Waals surface area contributed by atoms with Crippen LogP contribution in [0.2, 0.25) is 0 Å². The Bertz CT molecular complexity index is 730. The first-order valence-corrected chi connectivity index (χ1v) is 9.48. The maximum absolute atomic E-state index is 12.7. The molecule has 24 heavy (non-hydrogen) atoms. The van der Waals surface area contributed by atoms with E-state index >= 15 is 0 Å². The molecule has 0 atom stereocenters. The van der Waals surface area contributed by atoms with E-state index in [4.69, 9.17) is 4.74 Å². The molecule has 2 aromatic heterocycles. The molecule has 0 fully saturated rings. The monoisotopic (exact) mass is 357 g/mol. The van der Waals surface area contributed by atoms with Crippen molar-refractivity contribution < 1.29 is 9.53 Å². The van der Waals surface area contributed by atoms with E-state index in [9.17, 15) is 4.79 Å². The summed E-state index contributed by atoms with van der Waals surface area (Å²) in [5.74, 6) is 0.730. The predicted octanol–water partition coefficient (Wildman–Crippen LogP) is 4.73. The van der Waals surface area contributed by atoms with Gasteiger partial charge in [-0.15, -0.1) is 22.7 Å². The Balaban J connectivity index is 1.65. The lowest BCUT2D eigenvalue weighted by Gasteiger charge is -2.21. The van der Waals surface area contributed by atoms with Crippen LogP contribution in [0, 0.1) is 6.92 Å². The van der Waals surface area contributed by atoms with E-state index in [1.54, 1.807) is 22.7 Å². The van der Waals surface area contributed by atoms with Crippen molar-refractivity contribution in [3.05, 3.63) is 74.6 Å². The van der Waals surface area contributed by atoms with Gasteiger partial charge in [0.05, 0.1) is 13.1 Å². The van der Waals surface area contributed by atoms with Crippen molar-refractivity contribution in [3.8, 4) is 5.75 Å². The Morgan fingerprint density at radius 1 is 1.00 bits per heavy atom. The van der Waals surface area contributed by atoms with Crippen LogP contribution in [0.15, 0.2) is 59.3 Å². The molecule has 0 radical (unpaired) electrons. The first kappa shape index (κ1) is 16.7. The van der Waals surface area contributed by atoms with Gasteiger partial charge in [0.1, 0.15) is 5.75 Å². The van der Waals surface area contributed by atoms with Crippen molar-refractivity contribution in [2.45, 2.75) is 20.0 Å². The zero-order valence-electron chi connectivity index (χ0n) is 13.5. The third-order valence-corrected chi connectivity index (χ3v) is 5.28. The number of rotatable bonds is 7. The number of aryl methyl sites for hydroxylation is 1. The van der Waals surface area contributed by atoms with Crippen LogP contribution >= 0.6 is 22.7 Å². The zero-order chi connectivity index (χ0) is 16.8. The van der Waals surface area contributed by atoms with Gasteiger partial charge in [-0.3, -0.25) is 4.79 Å². The van der Waals surface area contributed by atoms with Gasteiger partial charge in [-0.25, -0.2) is 0 Å². The Labute approximate surface area is 150 Å². The summed E-state index contributed by atoms with van der Waals surface area (Å²) in [5, 5.41) is 4.07. The molecule has 1 aromatic carbocycles. The van der Waals surface area contributed by atoms with Crippen LogP contribution in [0.1, 0.15) is 15.3 Å². The minimum atomic E-state index is -0.00157. The Hall–Kier alpha value is -2.11. The average Bonchev–Trinajstić information content (AvgIpc) is 3.26. The molecule has 3 rings (SSSR count). The quantitative estimate of drug-likeness (QED) is 0.612. The summed E-state index contributed by atoms with van der Waals surface area (Å²) in [6.45, 7) is 3.30. The van der Waals surface area contributed by atoms with Gasteiger partial charge >= 0.3 is 0 Å². The molecule has 0 unspecified atom stereocenters. The number of hydrogen-bond donors (Lipinski definition) is 0. The lowest BCUT2D eigenvalue weighted by molar-refractivity contribution is -0.134. The summed E-state index contributed by atoms with van der Waals surface area (Å²) < 4.78 is 5.68. The van der Waals surface area contributed by atoms with E-state index in [0.717, 1.165) is 11.3 Å². The van der Waals surface area contributed by atoms with Crippen LogP contribution in [0.3, 0.4) is 0 Å². The standard InChI is InChI=1S/C19H19NO2S2/c1-15-5-2-6-16(11-15)22-14-19(21)20(12-17-7-3-9-23-17)13-18-8-4-10-24-18/h2-11H,12-14H2,1H3. The van der Waals surface area contributed by atoms with E-state index in [1.807, 2.05) is 59.0 Å². The predicted molar refractivity (Wildman–Crippen MR) is 99.6 cm³/mol. The minimum absolute atomic E-state index is 0.00157. The fourth-order valence-corrected chi connectivity index (χ4v) is 3.79. The van der Waals surface area contributed by atoms with Gasteiger partial charge in [0.15, 0.2) is 6.61 Å². The largest absolute Gasteiger partial charge is 0.484 e. The van der Waals surface area contributed by atoms with Gasteiger partial charge in [-0.2, -0.15) is 0 Å². The number of ether oxygens (including phenoxy) is 1. The molecular weight excluding hydrogens is 338 g/mol. The second kappa shape index (κ2) is 8.13. The summed E-state index contributed by atoms with van der Waals surface area (Å²) in [6.07, 6.45) is 0. The third-order valence-electron chi connectivity index (χ3n) is 3.56. The molecule has 2 heterocycles.